The summed E-state index contributed by atoms with van der Waals surface area (Å²) in [6, 6.07) is 12.3. The fourth-order valence-corrected chi connectivity index (χ4v) is 3.78. The zero-order chi connectivity index (χ0) is 14.7. The lowest BCUT2D eigenvalue weighted by atomic mass is 9.97. The molecule has 21 heavy (non-hydrogen) atoms. The number of nitrogens with zero attached hydrogens (tertiary/aromatic N) is 2. The maximum absolute atomic E-state index is 2.75. The van der Waals surface area contributed by atoms with Crippen molar-refractivity contribution in [2.45, 2.75) is 45.2 Å². The van der Waals surface area contributed by atoms with E-state index >= 15 is 0 Å². The van der Waals surface area contributed by atoms with Gasteiger partial charge in [0, 0.05) is 31.7 Å². The van der Waals surface area contributed by atoms with Gasteiger partial charge in [-0.2, -0.15) is 0 Å². The molecule has 0 N–H and O–H groups in total. The number of rotatable bonds is 4. The smallest absolute Gasteiger partial charge is 0.0353 e. The molecule has 0 aliphatic carbocycles. The third kappa shape index (κ3) is 3.75. The highest BCUT2D eigenvalue weighted by Gasteiger charge is 2.34. The van der Waals surface area contributed by atoms with Crippen LogP contribution in [0.1, 0.15) is 38.7 Å². The molecule has 3 rings (SSSR count). The van der Waals surface area contributed by atoms with Gasteiger partial charge in [0.05, 0.1) is 0 Å². The first-order valence-electron chi connectivity index (χ1n) is 8.42. The zero-order valence-corrected chi connectivity index (χ0v) is 13.5. The number of likely N-dealkylation sites (tertiary alicyclic amines) is 2. The highest BCUT2D eigenvalue weighted by Crippen LogP contribution is 2.25. The van der Waals surface area contributed by atoms with Gasteiger partial charge in [-0.1, -0.05) is 48.4 Å². The monoisotopic (exact) mass is 284 g/mol. The Kier molecular flexibility index (Phi) is 4.77. The Morgan fingerprint density at radius 3 is 2.67 bits per heavy atom. The molecule has 2 aliphatic heterocycles. The van der Waals surface area contributed by atoms with E-state index in [0.717, 1.165) is 18.6 Å². The van der Waals surface area contributed by atoms with E-state index in [1.165, 1.54) is 50.0 Å². The Morgan fingerprint density at radius 1 is 1.19 bits per heavy atom. The van der Waals surface area contributed by atoms with Gasteiger partial charge in [-0.3, -0.25) is 9.80 Å². The Bertz CT molecular complexity index is 474. The third-order valence-electron chi connectivity index (χ3n) is 4.95. The van der Waals surface area contributed by atoms with E-state index in [1.807, 2.05) is 0 Å². The second-order valence-corrected chi connectivity index (χ2v) is 6.83. The molecule has 1 aromatic rings. The highest BCUT2D eigenvalue weighted by molar-refractivity contribution is 5.52. The summed E-state index contributed by atoms with van der Waals surface area (Å²) in [5.41, 5.74) is 2.78. The Balaban J connectivity index is 1.47. The quantitative estimate of drug-likeness (QED) is 0.833. The Labute approximate surface area is 129 Å². The molecule has 2 fully saturated rings. The van der Waals surface area contributed by atoms with Crippen LogP contribution in [-0.2, 0) is 0 Å². The molecule has 1 aromatic carbocycles. The van der Waals surface area contributed by atoms with E-state index in [0.29, 0.717) is 0 Å². The molecule has 0 amide bonds. The fraction of sp³-hybridized carbons (Fsp3) is 0.579. The lowest BCUT2D eigenvalue weighted by molar-refractivity contribution is 0.00260. The van der Waals surface area contributed by atoms with Crippen LogP contribution >= 0.6 is 0 Å². The molecule has 0 aromatic heterocycles. The van der Waals surface area contributed by atoms with Gasteiger partial charge in [0.1, 0.15) is 0 Å². The van der Waals surface area contributed by atoms with Crippen LogP contribution in [0.2, 0.25) is 0 Å². The van der Waals surface area contributed by atoms with Crippen LogP contribution in [0.25, 0.3) is 6.08 Å². The number of piperidine rings is 1. The molecule has 0 radical (unpaired) electrons. The van der Waals surface area contributed by atoms with Crippen molar-refractivity contribution in [1.82, 2.24) is 9.80 Å². The fourth-order valence-electron chi connectivity index (χ4n) is 3.78. The van der Waals surface area contributed by atoms with E-state index in [9.17, 15) is 0 Å². The van der Waals surface area contributed by atoms with E-state index in [4.69, 9.17) is 0 Å². The summed E-state index contributed by atoms with van der Waals surface area (Å²) in [6.07, 6.45) is 6.53. The molecule has 2 aliphatic rings. The summed E-state index contributed by atoms with van der Waals surface area (Å²) in [4.78, 5) is 5.33. The van der Waals surface area contributed by atoms with Crippen molar-refractivity contribution in [3.63, 3.8) is 0 Å². The van der Waals surface area contributed by atoms with Crippen LogP contribution in [0.5, 0.6) is 0 Å². The molecule has 0 unspecified atom stereocenters. The normalized spacial score (nSPS) is 25.8. The summed E-state index contributed by atoms with van der Waals surface area (Å²) in [5.74, 6) is 0. The van der Waals surface area contributed by atoms with Gasteiger partial charge in [-0.25, -0.2) is 0 Å². The van der Waals surface area contributed by atoms with Crippen LogP contribution in [0, 0.1) is 0 Å². The van der Waals surface area contributed by atoms with E-state index in [-0.39, 0.29) is 0 Å². The van der Waals surface area contributed by atoms with Gasteiger partial charge in [-0.15, -0.1) is 0 Å². The van der Waals surface area contributed by atoms with E-state index < -0.39 is 0 Å². The first-order chi connectivity index (χ1) is 10.2. The first kappa shape index (κ1) is 14.8. The minimum Gasteiger partial charge on any atom is -0.296 e. The van der Waals surface area contributed by atoms with Gasteiger partial charge in [0.25, 0.3) is 0 Å². The van der Waals surface area contributed by atoms with Gasteiger partial charge in [0.2, 0.25) is 0 Å². The molecule has 0 spiro atoms. The lowest BCUT2D eigenvalue weighted by Gasteiger charge is -2.49. The van der Waals surface area contributed by atoms with Crippen molar-refractivity contribution in [2.75, 3.05) is 26.2 Å². The van der Waals surface area contributed by atoms with Crippen molar-refractivity contribution in [3.05, 3.63) is 41.5 Å². The largest absolute Gasteiger partial charge is 0.296 e. The van der Waals surface area contributed by atoms with Crippen LogP contribution in [0.4, 0.5) is 0 Å². The summed E-state index contributed by atoms with van der Waals surface area (Å²) < 4.78 is 0. The van der Waals surface area contributed by atoms with Crippen LogP contribution in [0.3, 0.4) is 0 Å². The molecule has 2 nitrogen and oxygen atoms in total. The van der Waals surface area contributed by atoms with E-state index in [1.54, 1.807) is 0 Å². The SMILES string of the molecule is C/C(=C\c1ccccc1)CN1CC(N2CCCC[C@@H]2C)C1. The van der Waals surface area contributed by atoms with E-state index in [2.05, 4.69) is 60.1 Å². The van der Waals surface area contributed by atoms with Crippen LogP contribution in [-0.4, -0.2) is 48.1 Å². The molecular formula is C19H28N2. The zero-order valence-electron chi connectivity index (χ0n) is 13.5. The molecule has 1 atom stereocenters. The van der Waals surface area contributed by atoms with Gasteiger partial charge >= 0.3 is 0 Å². The van der Waals surface area contributed by atoms with Gasteiger partial charge in [0.15, 0.2) is 0 Å². The van der Waals surface area contributed by atoms with Crippen molar-refractivity contribution in [3.8, 4) is 0 Å². The maximum atomic E-state index is 2.75. The summed E-state index contributed by atoms with van der Waals surface area (Å²) in [7, 11) is 0. The molecule has 2 heterocycles. The first-order valence-corrected chi connectivity index (χ1v) is 8.42. The van der Waals surface area contributed by atoms with Gasteiger partial charge in [-0.05, 0) is 38.8 Å². The summed E-state index contributed by atoms with van der Waals surface area (Å²) in [6.45, 7) is 9.60. The number of benzene rings is 1. The average Bonchev–Trinajstić information content (AvgIpc) is 2.45. The third-order valence-corrected chi connectivity index (χ3v) is 4.95. The predicted octanol–water partition coefficient (Wildman–Crippen LogP) is 3.65. The highest BCUT2D eigenvalue weighted by atomic mass is 15.3. The molecule has 2 heteroatoms. The van der Waals surface area contributed by atoms with Crippen LogP contribution in [0.15, 0.2) is 35.9 Å². The molecule has 2 saturated heterocycles. The van der Waals surface area contributed by atoms with Crippen molar-refractivity contribution < 1.29 is 0 Å². The molecule has 0 bridgehead atoms. The van der Waals surface area contributed by atoms with Gasteiger partial charge < -0.3 is 0 Å². The maximum Gasteiger partial charge on any atom is 0.0353 e. The topological polar surface area (TPSA) is 6.48 Å². The second kappa shape index (κ2) is 6.76. The Hall–Kier alpha value is -1.12. The lowest BCUT2D eigenvalue weighted by Crippen LogP contribution is -2.62. The summed E-state index contributed by atoms with van der Waals surface area (Å²) >= 11 is 0. The molecule has 114 valence electrons. The molecule has 0 saturated carbocycles. The van der Waals surface area contributed by atoms with Crippen LogP contribution < -0.4 is 0 Å². The standard InChI is InChI=1S/C19H28N2/c1-16(12-18-9-4-3-5-10-18)13-20-14-19(15-20)21-11-7-6-8-17(21)2/h3-5,9-10,12,17,19H,6-8,11,13-15H2,1-2H3/b16-12+/t17-/m0/s1. The summed E-state index contributed by atoms with van der Waals surface area (Å²) in [5, 5.41) is 0. The second-order valence-electron chi connectivity index (χ2n) is 6.83. The number of hydrogen-bond acceptors (Lipinski definition) is 2. The molecular weight excluding hydrogens is 256 g/mol. The average molecular weight is 284 g/mol. The van der Waals surface area contributed by atoms with Crippen molar-refractivity contribution in [2.24, 2.45) is 0 Å². The minimum atomic E-state index is 0.798. The number of hydrogen-bond donors (Lipinski definition) is 0. The Morgan fingerprint density at radius 2 is 1.95 bits per heavy atom. The predicted molar refractivity (Wildman–Crippen MR) is 90.3 cm³/mol. The van der Waals surface area contributed by atoms with Crippen molar-refractivity contribution >= 4 is 6.08 Å². The minimum absolute atomic E-state index is 0.798. The van der Waals surface area contributed by atoms with Crippen molar-refractivity contribution in [1.29, 1.82) is 0 Å².